The van der Waals surface area contributed by atoms with Crippen LogP contribution in [0.1, 0.15) is 46.6 Å². The number of carbonyl (C=O) groups is 2. The van der Waals surface area contributed by atoms with E-state index in [1.165, 1.54) is 5.56 Å². The third-order valence-corrected chi connectivity index (χ3v) is 6.99. The van der Waals surface area contributed by atoms with Gasteiger partial charge in [0.1, 0.15) is 16.9 Å². The first-order valence-electron chi connectivity index (χ1n) is 11.1. The zero-order valence-corrected chi connectivity index (χ0v) is 20.5. The summed E-state index contributed by atoms with van der Waals surface area (Å²) in [4.78, 5) is 27.3. The van der Waals surface area contributed by atoms with Gasteiger partial charge in [-0.05, 0) is 53.4 Å². The molecule has 176 valence electrons. The minimum Gasteiger partial charge on any atom is -0.497 e. The van der Waals surface area contributed by atoms with Crippen LogP contribution >= 0.6 is 11.8 Å². The van der Waals surface area contributed by atoms with E-state index in [0.29, 0.717) is 34.4 Å². The number of hydrogen-bond donors (Lipinski definition) is 1. The molecule has 0 spiro atoms. The third kappa shape index (κ3) is 5.04. The molecule has 1 saturated heterocycles. The molecule has 4 rings (SSSR count). The Labute approximate surface area is 204 Å². The number of amides is 2. The number of carbonyl (C=O) groups excluding carboxylic acids is 2. The molecule has 0 bridgehead atoms. The smallest absolute Gasteiger partial charge is 0.255 e. The van der Waals surface area contributed by atoms with Crippen LogP contribution in [0.15, 0.2) is 66.7 Å². The lowest BCUT2D eigenvalue weighted by Gasteiger charge is -2.25. The molecule has 7 heteroatoms. The number of anilines is 2. The van der Waals surface area contributed by atoms with Gasteiger partial charge in [0.2, 0.25) is 5.91 Å². The number of nitrogens with one attached hydrogen (secondary N) is 1. The SMILES string of the molecule is COc1cc(OC)cc(C(=O)Nc2ccc([C@H]3SCC(=O)N3c3ccc(C(C)C)cc3)cc2)c1. The first-order valence-corrected chi connectivity index (χ1v) is 12.1. The van der Waals surface area contributed by atoms with Crippen molar-refractivity contribution in [1.29, 1.82) is 0 Å². The number of rotatable bonds is 7. The molecule has 1 atom stereocenters. The van der Waals surface area contributed by atoms with Crippen molar-refractivity contribution in [2.24, 2.45) is 0 Å². The number of methoxy groups -OCH3 is 2. The molecule has 0 saturated carbocycles. The lowest BCUT2D eigenvalue weighted by atomic mass is 10.0. The predicted molar refractivity (Wildman–Crippen MR) is 137 cm³/mol. The highest BCUT2D eigenvalue weighted by Gasteiger charge is 2.34. The largest absolute Gasteiger partial charge is 0.497 e. The Bertz CT molecular complexity index is 1150. The van der Waals surface area contributed by atoms with Crippen LogP contribution in [0.4, 0.5) is 11.4 Å². The zero-order chi connectivity index (χ0) is 24.2. The van der Waals surface area contributed by atoms with Gasteiger partial charge >= 0.3 is 0 Å². The minimum atomic E-state index is -0.262. The van der Waals surface area contributed by atoms with Gasteiger partial charge in [0.05, 0.1) is 20.0 Å². The van der Waals surface area contributed by atoms with Crippen LogP contribution in [0.2, 0.25) is 0 Å². The molecule has 1 fully saturated rings. The van der Waals surface area contributed by atoms with Crippen LogP contribution in [0, 0.1) is 0 Å². The van der Waals surface area contributed by atoms with Crippen LogP contribution in [0.5, 0.6) is 11.5 Å². The number of hydrogen-bond acceptors (Lipinski definition) is 5. The molecule has 3 aromatic rings. The fraction of sp³-hybridized carbons (Fsp3) is 0.259. The van der Waals surface area contributed by atoms with Gasteiger partial charge in [-0.3, -0.25) is 14.5 Å². The van der Waals surface area contributed by atoms with Crippen LogP contribution in [0.3, 0.4) is 0 Å². The quantitative estimate of drug-likeness (QED) is 0.463. The molecule has 1 aliphatic heterocycles. The first kappa shape index (κ1) is 23.7. The van der Waals surface area contributed by atoms with Crippen molar-refractivity contribution in [2.45, 2.75) is 25.1 Å². The minimum absolute atomic E-state index is 0.0941. The molecular formula is C27H28N2O4S. The van der Waals surface area contributed by atoms with E-state index in [1.807, 2.05) is 41.3 Å². The summed E-state index contributed by atoms with van der Waals surface area (Å²) in [6.45, 7) is 4.31. The normalized spacial score (nSPS) is 15.5. The van der Waals surface area contributed by atoms with E-state index < -0.39 is 0 Å². The molecule has 34 heavy (non-hydrogen) atoms. The average molecular weight is 477 g/mol. The van der Waals surface area contributed by atoms with Crippen molar-refractivity contribution in [3.05, 3.63) is 83.4 Å². The fourth-order valence-corrected chi connectivity index (χ4v) is 5.02. The molecule has 1 aliphatic rings. The van der Waals surface area contributed by atoms with E-state index in [-0.39, 0.29) is 17.2 Å². The Morgan fingerprint density at radius 1 is 0.971 bits per heavy atom. The molecule has 0 radical (unpaired) electrons. The Balaban J connectivity index is 1.50. The van der Waals surface area contributed by atoms with Crippen LogP contribution in [-0.4, -0.2) is 31.8 Å². The lowest BCUT2D eigenvalue weighted by molar-refractivity contribution is -0.115. The van der Waals surface area contributed by atoms with E-state index in [2.05, 4.69) is 31.3 Å². The summed E-state index contributed by atoms with van der Waals surface area (Å²) >= 11 is 1.60. The standard InChI is InChI=1S/C27H28N2O4S/c1-17(2)18-7-11-22(12-8-18)29-25(30)16-34-27(29)19-5-9-21(10-6-19)28-26(31)20-13-23(32-3)15-24(14-20)33-4/h5-15,17,27H,16H2,1-4H3,(H,28,31)/t27-/m1/s1. The summed E-state index contributed by atoms with van der Waals surface area (Å²) in [5.41, 5.74) is 4.25. The third-order valence-electron chi connectivity index (χ3n) is 5.77. The van der Waals surface area contributed by atoms with E-state index in [9.17, 15) is 9.59 Å². The second kappa shape index (κ2) is 10.2. The molecule has 0 aliphatic carbocycles. The van der Waals surface area contributed by atoms with Gasteiger partial charge < -0.3 is 14.8 Å². The number of ether oxygens (including phenoxy) is 2. The van der Waals surface area contributed by atoms with Crippen molar-refractivity contribution < 1.29 is 19.1 Å². The van der Waals surface area contributed by atoms with Gasteiger partial charge in [-0.2, -0.15) is 0 Å². The lowest BCUT2D eigenvalue weighted by Crippen LogP contribution is -2.27. The van der Waals surface area contributed by atoms with Crippen molar-refractivity contribution >= 4 is 35.0 Å². The summed E-state index contributed by atoms with van der Waals surface area (Å²) < 4.78 is 10.5. The topological polar surface area (TPSA) is 67.9 Å². The Kier molecular flexibility index (Phi) is 7.12. The second-order valence-electron chi connectivity index (χ2n) is 8.35. The predicted octanol–water partition coefficient (Wildman–Crippen LogP) is 5.86. The zero-order valence-electron chi connectivity index (χ0n) is 19.7. The maximum Gasteiger partial charge on any atom is 0.255 e. The van der Waals surface area contributed by atoms with Gasteiger partial charge in [-0.1, -0.05) is 38.1 Å². The van der Waals surface area contributed by atoms with E-state index in [1.54, 1.807) is 44.2 Å². The van der Waals surface area contributed by atoms with Crippen molar-refractivity contribution in [2.75, 3.05) is 30.2 Å². The molecular weight excluding hydrogens is 448 g/mol. The molecule has 0 aromatic heterocycles. The molecule has 1 N–H and O–H groups in total. The summed E-state index contributed by atoms with van der Waals surface area (Å²) in [5, 5.41) is 2.80. The van der Waals surface area contributed by atoms with Crippen molar-refractivity contribution in [3.8, 4) is 11.5 Å². The van der Waals surface area contributed by atoms with Crippen molar-refractivity contribution in [1.82, 2.24) is 0 Å². The number of thioether (sulfide) groups is 1. The van der Waals surface area contributed by atoms with Crippen molar-refractivity contribution in [3.63, 3.8) is 0 Å². The van der Waals surface area contributed by atoms with Crippen LogP contribution in [0.25, 0.3) is 0 Å². The molecule has 1 heterocycles. The molecule has 3 aromatic carbocycles. The first-order chi connectivity index (χ1) is 16.4. The van der Waals surface area contributed by atoms with Crippen LogP contribution < -0.4 is 19.7 Å². The van der Waals surface area contributed by atoms with Crippen LogP contribution in [-0.2, 0) is 4.79 Å². The summed E-state index contributed by atoms with van der Waals surface area (Å²) in [6, 6.07) is 20.9. The molecule has 0 unspecified atom stereocenters. The Hall–Kier alpha value is -3.45. The van der Waals surface area contributed by atoms with E-state index >= 15 is 0 Å². The monoisotopic (exact) mass is 476 g/mol. The van der Waals surface area contributed by atoms with Gasteiger partial charge in [-0.25, -0.2) is 0 Å². The Morgan fingerprint density at radius 3 is 2.15 bits per heavy atom. The number of benzene rings is 3. The van der Waals surface area contributed by atoms with E-state index in [4.69, 9.17) is 9.47 Å². The highest BCUT2D eigenvalue weighted by molar-refractivity contribution is 8.00. The highest BCUT2D eigenvalue weighted by atomic mass is 32.2. The summed E-state index contributed by atoms with van der Waals surface area (Å²) in [5.74, 6) is 1.80. The molecule has 2 amide bonds. The highest BCUT2D eigenvalue weighted by Crippen LogP contribution is 2.42. The van der Waals surface area contributed by atoms with Gasteiger partial charge in [0.15, 0.2) is 0 Å². The Morgan fingerprint density at radius 2 is 1.59 bits per heavy atom. The summed E-state index contributed by atoms with van der Waals surface area (Å²) in [7, 11) is 3.09. The maximum absolute atomic E-state index is 12.8. The average Bonchev–Trinajstić information content (AvgIpc) is 3.25. The fourth-order valence-electron chi connectivity index (χ4n) is 3.84. The molecule has 6 nitrogen and oxygen atoms in total. The van der Waals surface area contributed by atoms with Gasteiger partial charge in [0.25, 0.3) is 5.91 Å². The number of nitrogens with zero attached hydrogens (tertiary/aromatic N) is 1. The summed E-state index contributed by atoms with van der Waals surface area (Å²) in [6.07, 6.45) is 0. The van der Waals surface area contributed by atoms with Gasteiger partial charge in [0, 0.05) is 23.0 Å². The van der Waals surface area contributed by atoms with Gasteiger partial charge in [-0.15, -0.1) is 11.8 Å². The maximum atomic E-state index is 12.8. The van der Waals surface area contributed by atoms with E-state index in [0.717, 1.165) is 11.3 Å². The second-order valence-corrected chi connectivity index (χ2v) is 9.42.